The molecule has 41 heavy (non-hydrogen) atoms. The zero-order chi connectivity index (χ0) is 29.3. The molecule has 1 saturated heterocycles. The summed E-state index contributed by atoms with van der Waals surface area (Å²) in [6, 6.07) is 8.55. The topological polar surface area (TPSA) is 117 Å². The summed E-state index contributed by atoms with van der Waals surface area (Å²) in [7, 11) is 2.07. The van der Waals surface area contributed by atoms with Gasteiger partial charge in [0.25, 0.3) is 0 Å². The summed E-state index contributed by atoms with van der Waals surface area (Å²) in [5.41, 5.74) is -2.03. The van der Waals surface area contributed by atoms with Crippen molar-refractivity contribution in [2.24, 2.45) is 34.0 Å². The number of aliphatic hydroxyl groups is 3. The Morgan fingerprint density at radius 3 is 2.49 bits per heavy atom. The predicted octanol–water partition coefficient (Wildman–Crippen LogP) is 2.87. The third-order valence-electron chi connectivity index (χ3n) is 12.4. The molecule has 6 fully saturated rings. The van der Waals surface area contributed by atoms with E-state index in [4.69, 9.17) is 9.47 Å². The van der Waals surface area contributed by atoms with Gasteiger partial charge in [-0.15, -0.1) is 0 Å². The Morgan fingerprint density at radius 2 is 1.80 bits per heavy atom. The van der Waals surface area contributed by atoms with Crippen molar-refractivity contribution in [2.75, 3.05) is 13.6 Å². The largest absolute Gasteiger partial charge is 0.454 e. The van der Waals surface area contributed by atoms with Crippen LogP contribution in [0.25, 0.3) is 0 Å². The molecule has 1 aromatic carbocycles. The Bertz CT molecular complexity index is 1360. The second kappa shape index (κ2) is 8.53. The van der Waals surface area contributed by atoms with Gasteiger partial charge >= 0.3 is 11.9 Å². The minimum atomic E-state index is -1.52. The van der Waals surface area contributed by atoms with Crippen LogP contribution in [0.5, 0.6) is 0 Å². The number of aliphatic hydroxyl groups excluding tert-OH is 2. The van der Waals surface area contributed by atoms with E-state index in [0.717, 1.165) is 5.57 Å². The van der Waals surface area contributed by atoms with Gasteiger partial charge in [-0.25, -0.2) is 9.59 Å². The van der Waals surface area contributed by atoms with Gasteiger partial charge in [-0.3, -0.25) is 0 Å². The number of benzene rings is 1. The molecule has 7 rings (SSSR count). The number of esters is 2. The summed E-state index contributed by atoms with van der Waals surface area (Å²) in [4.78, 5) is 29.4. The third kappa shape index (κ3) is 3.04. The third-order valence-corrected chi connectivity index (χ3v) is 12.4. The summed E-state index contributed by atoms with van der Waals surface area (Å²) in [5, 5.41) is 36.3. The molecule has 1 aromatic rings. The number of rotatable bonds is 4. The molecule has 1 aliphatic heterocycles. The highest BCUT2D eigenvalue weighted by molar-refractivity contribution is 5.90. The average molecular weight is 564 g/mol. The first-order valence-electron chi connectivity index (χ1n) is 14.9. The fourth-order valence-electron chi connectivity index (χ4n) is 11.6. The molecule has 6 bridgehead atoms. The Morgan fingerprint density at radius 1 is 1.10 bits per heavy atom. The molecular weight excluding hydrogens is 522 g/mol. The smallest absolute Gasteiger partial charge is 0.338 e. The van der Waals surface area contributed by atoms with Gasteiger partial charge in [0.2, 0.25) is 0 Å². The van der Waals surface area contributed by atoms with E-state index in [1.54, 1.807) is 44.2 Å². The minimum Gasteiger partial charge on any atom is -0.454 e. The van der Waals surface area contributed by atoms with E-state index in [-0.39, 0.29) is 24.3 Å². The van der Waals surface area contributed by atoms with Crippen molar-refractivity contribution in [3.8, 4) is 0 Å². The van der Waals surface area contributed by atoms with Crippen LogP contribution < -0.4 is 0 Å². The zero-order valence-electron chi connectivity index (χ0n) is 24.2. The lowest BCUT2D eigenvalue weighted by Crippen LogP contribution is -2.82. The number of ether oxygens (including phenoxy) is 2. The molecule has 2 spiro atoms. The first-order chi connectivity index (χ1) is 19.4. The van der Waals surface area contributed by atoms with Gasteiger partial charge in [0.15, 0.2) is 0 Å². The van der Waals surface area contributed by atoms with E-state index in [0.29, 0.717) is 36.9 Å². The summed E-state index contributed by atoms with van der Waals surface area (Å²) < 4.78 is 12.8. The van der Waals surface area contributed by atoms with E-state index in [1.165, 1.54) is 0 Å². The Hall–Kier alpha value is -2.52. The molecule has 0 aromatic heterocycles. The Balaban J connectivity index is 1.46. The Labute approximate surface area is 241 Å². The molecule has 5 saturated carbocycles. The number of nitrogens with zero attached hydrogens (tertiary/aromatic N) is 1. The van der Waals surface area contributed by atoms with Crippen LogP contribution in [0.1, 0.15) is 56.8 Å². The number of carbonyl (C=O) groups excluding carboxylic acids is 2. The fraction of sp³-hybridized carbons (Fsp3) is 0.636. The van der Waals surface area contributed by atoms with E-state index in [2.05, 4.69) is 18.5 Å². The lowest BCUT2D eigenvalue weighted by Gasteiger charge is -2.72. The quantitative estimate of drug-likeness (QED) is 0.291. The molecule has 8 heteroatoms. The summed E-state index contributed by atoms with van der Waals surface area (Å²) in [6.45, 7) is 10.4. The number of allylic oxidation sites excluding steroid dienone is 1. The summed E-state index contributed by atoms with van der Waals surface area (Å²) >= 11 is 0. The van der Waals surface area contributed by atoms with Crippen LogP contribution in [-0.4, -0.2) is 81.8 Å². The van der Waals surface area contributed by atoms with Gasteiger partial charge in [-0.05, 0) is 70.0 Å². The molecule has 1 heterocycles. The molecule has 8 nitrogen and oxygen atoms in total. The number of piperidine rings is 1. The molecule has 5 aliphatic carbocycles. The maximum Gasteiger partial charge on any atom is 0.338 e. The van der Waals surface area contributed by atoms with Crippen LogP contribution in [-0.2, 0) is 14.3 Å². The zero-order valence-corrected chi connectivity index (χ0v) is 24.2. The van der Waals surface area contributed by atoms with Gasteiger partial charge in [0.1, 0.15) is 17.8 Å². The molecule has 3 N–H and O–H groups in total. The lowest BCUT2D eigenvalue weighted by atomic mass is 9.38. The molecule has 6 aliphatic rings. The predicted molar refractivity (Wildman–Crippen MR) is 149 cm³/mol. The van der Waals surface area contributed by atoms with Gasteiger partial charge in [0, 0.05) is 40.8 Å². The number of likely N-dealkylation sites (tertiary alicyclic amines) is 1. The van der Waals surface area contributed by atoms with E-state index in [9.17, 15) is 24.9 Å². The van der Waals surface area contributed by atoms with E-state index >= 15 is 0 Å². The van der Waals surface area contributed by atoms with Crippen molar-refractivity contribution in [2.45, 2.75) is 82.5 Å². The lowest BCUT2D eigenvalue weighted by molar-refractivity contribution is -0.341. The van der Waals surface area contributed by atoms with E-state index in [1.807, 2.05) is 13.0 Å². The van der Waals surface area contributed by atoms with Crippen molar-refractivity contribution in [3.05, 3.63) is 59.7 Å². The van der Waals surface area contributed by atoms with Gasteiger partial charge < -0.3 is 29.7 Å². The maximum absolute atomic E-state index is 13.7. The highest BCUT2D eigenvalue weighted by atomic mass is 16.6. The fourth-order valence-corrected chi connectivity index (χ4v) is 11.6. The molecule has 0 amide bonds. The SMILES string of the molecule is C=C1C[C@]23C[C@H](O)[C@]4(O)[C@@]5(C)C[C@H](O)C[C@]46C([C@H]2[C@H]1[C@@H](OC(=O)/C(C)=C/C)[C@@H](OC(=O)c1ccccc1)[C@H]36)N(C)C5. The molecule has 220 valence electrons. The summed E-state index contributed by atoms with van der Waals surface area (Å²) in [5.74, 6) is -1.86. The number of carbonyl (C=O) groups is 2. The molecule has 1 unspecified atom stereocenters. The van der Waals surface area contributed by atoms with Crippen LogP contribution in [0.2, 0.25) is 0 Å². The molecular formula is C33H41NO7. The van der Waals surface area contributed by atoms with Gasteiger partial charge in [-0.1, -0.05) is 43.4 Å². The van der Waals surface area contributed by atoms with Crippen LogP contribution in [0.4, 0.5) is 0 Å². The average Bonchev–Trinajstić information content (AvgIpc) is 3.20. The first kappa shape index (κ1) is 27.3. The highest BCUT2D eigenvalue weighted by Crippen LogP contribution is 2.84. The second-order valence-electron chi connectivity index (χ2n) is 14.2. The highest BCUT2D eigenvalue weighted by Gasteiger charge is 2.90. The first-order valence-corrected chi connectivity index (χ1v) is 14.9. The van der Waals surface area contributed by atoms with E-state index < -0.39 is 64.1 Å². The van der Waals surface area contributed by atoms with Crippen LogP contribution >= 0.6 is 0 Å². The molecule has 12 atom stereocenters. The van der Waals surface area contributed by atoms with Crippen molar-refractivity contribution in [3.63, 3.8) is 0 Å². The van der Waals surface area contributed by atoms with Crippen molar-refractivity contribution < 1.29 is 34.4 Å². The van der Waals surface area contributed by atoms with Crippen molar-refractivity contribution in [1.29, 1.82) is 0 Å². The maximum atomic E-state index is 13.7. The standard InChI is InChI=1S/C33H41NO7/c1-6-17(2)28(37)40-24-22-18(3)12-31-15-21(36)33(39)30(4)13-20(35)14-32(33,27(23(22)31)34(5)16-30)26(31)25(24)41-29(38)19-10-8-7-9-11-19/h6-11,20-27,35-36,39H,3,12-16H2,1-2,4-5H3/b17-6+/t20-,21-,22-,23+,24+,25+,26+,27?,30-,31-,32-,33-/m0/s1. The van der Waals surface area contributed by atoms with Crippen LogP contribution in [0.3, 0.4) is 0 Å². The number of hydrogen-bond acceptors (Lipinski definition) is 8. The van der Waals surface area contributed by atoms with Crippen LogP contribution in [0, 0.1) is 34.0 Å². The Kier molecular flexibility index (Phi) is 5.68. The molecule has 0 radical (unpaired) electrons. The normalized spacial score (nSPS) is 49.5. The minimum absolute atomic E-state index is 0.0843. The monoisotopic (exact) mass is 563 g/mol. The van der Waals surface area contributed by atoms with Crippen LogP contribution in [0.15, 0.2) is 54.1 Å². The second-order valence-corrected chi connectivity index (χ2v) is 14.2. The van der Waals surface area contributed by atoms with Crippen molar-refractivity contribution in [1.82, 2.24) is 4.90 Å². The van der Waals surface area contributed by atoms with Crippen molar-refractivity contribution >= 4 is 11.9 Å². The number of hydrogen-bond donors (Lipinski definition) is 3. The van der Waals surface area contributed by atoms with Gasteiger partial charge in [0.05, 0.1) is 17.8 Å². The van der Waals surface area contributed by atoms with Gasteiger partial charge in [-0.2, -0.15) is 0 Å². The summed E-state index contributed by atoms with van der Waals surface area (Å²) in [6.07, 6.45) is -0.0889.